The van der Waals surface area contributed by atoms with Crippen LogP contribution in [0, 0.1) is 11.8 Å². The van der Waals surface area contributed by atoms with Gasteiger partial charge in [0.25, 0.3) is 0 Å². The summed E-state index contributed by atoms with van der Waals surface area (Å²) >= 11 is 0. The first-order valence-corrected chi connectivity index (χ1v) is 3.28. The van der Waals surface area contributed by atoms with E-state index in [9.17, 15) is 0 Å². The predicted octanol–water partition coefficient (Wildman–Crippen LogP) is 1.68. The molecule has 8 heavy (non-hydrogen) atoms. The Kier molecular flexibility index (Phi) is 1.57. The first kappa shape index (κ1) is 6.09. The van der Waals surface area contributed by atoms with Gasteiger partial charge in [0.05, 0.1) is 6.10 Å². The van der Waals surface area contributed by atoms with Gasteiger partial charge in [0.15, 0.2) is 0 Å². The van der Waals surface area contributed by atoms with Crippen LogP contribution in [-0.4, -0.2) is 13.2 Å². The molecule has 0 aromatic heterocycles. The number of hydrogen-bond acceptors (Lipinski definition) is 1. The van der Waals surface area contributed by atoms with Gasteiger partial charge in [-0.1, -0.05) is 13.8 Å². The minimum absolute atomic E-state index is 0.593. The molecule has 1 aliphatic carbocycles. The third kappa shape index (κ3) is 1.03. The summed E-state index contributed by atoms with van der Waals surface area (Å²) in [6, 6.07) is 0. The molecular weight excluding hydrogens is 100 g/mol. The van der Waals surface area contributed by atoms with Crippen LogP contribution in [-0.2, 0) is 4.74 Å². The van der Waals surface area contributed by atoms with E-state index in [0.29, 0.717) is 6.10 Å². The van der Waals surface area contributed by atoms with E-state index in [1.807, 2.05) is 0 Å². The number of ether oxygens (including phenoxy) is 1. The maximum absolute atomic E-state index is 5.14. The van der Waals surface area contributed by atoms with Crippen LogP contribution in [0.1, 0.15) is 20.3 Å². The Morgan fingerprint density at radius 1 is 1.50 bits per heavy atom. The van der Waals surface area contributed by atoms with Crippen LogP contribution in [0.15, 0.2) is 0 Å². The molecular formula is C7H14O. The van der Waals surface area contributed by atoms with Crippen LogP contribution in [0.5, 0.6) is 0 Å². The van der Waals surface area contributed by atoms with Crippen molar-refractivity contribution in [2.45, 2.75) is 26.4 Å². The molecule has 0 radical (unpaired) electrons. The van der Waals surface area contributed by atoms with Crippen LogP contribution < -0.4 is 0 Å². The summed E-state index contributed by atoms with van der Waals surface area (Å²) in [5.74, 6) is 1.68. The maximum atomic E-state index is 5.14. The van der Waals surface area contributed by atoms with Crippen molar-refractivity contribution in [3.8, 4) is 0 Å². The van der Waals surface area contributed by atoms with Gasteiger partial charge in [0.2, 0.25) is 0 Å². The smallest absolute Gasteiger partial charge is 0.0606 e. The first-order chi connectivity index (χ1) is 3.75. The van der Waals surface area contributed by atoms with Gasteiger partial charge in [-0.05, 0) is 18.3 Å². The molecule has 0 spiro atoms. The van der Waals surface area contributed by atoms with Crippen molar-refractivity contribution in [1.29, 1.82) is 0 Å². The van der Waals surface area contributed by atoms with Crippen molar-refractivity contribution in [3.63, 3.8) is 0 Å². The van der Waals surface area contributed by atoms with Crippen molar-refractivity contribution in [3.05, 3.63) is 0 Å². The van der Waals surface area contributed by atoms with Gasteiger partial charge < -0.3 is 4.74 Å². The average molecular weight is 114 g/mol. The molecule has 0 saturated heterocycles. The van der Waals surface area contributed by atoms with Gasteiger partial charge >= 0.3 is 0 Å². The summed E-state index contributed by atoms with van der Waals surface area (Å²) in [5, 5.41) is 0. The predicted molar refractivity (Wildman–Crippen MR) is 33.7 cm³/mol. The molecule has 0 amide bonds. The SMILES string of the molecule is COC1C[C@H]1C(C)C. The van der Waals surface area contributed by atoms with Gasteiger partial charge in [0, 0.05) is 7.11 Å². The molecule has 0 bridgehead atoms. The lowest BCUT2D eigenvalue weighted by molar-refractivity contribution is 0.161. The maximum Gasteiger partial charge on any atom is 0.0606 e. The molecule has 1 heteroatoms. The second kappa shape index (κ2) is 2.06. The van der Waals surface area contributed by atoms with Crippen molar-refractivity contribution in [1.82, 2.24) is 0 Å². The van der Waals surface area contributed by atoms with Gasteiger partial charge in [-0.2, -0.15) is 0 Å². The molecule has 1 unspecified atom stereocenters. The van der Waals surface area contributed by atoms with E-state index in [-0.39, 0.29) is 0 Å². The normalized spacial score (nSPS) is 36.0. The molecule has 2 atom stereocenters. The van der Waals surface area contributed by atoms with E-state index in [4.69, 9.17) is 4.74 Å². The highest BCUT2D eigenvalue weighted by Gasteiger charge is 2.39. The van der Waals surface area contributed by atoms with Gasteiger partial charge in [-0.15, -0.1) is 0 Å². The fraction of sp³-hybridized carbons (Fsp3) is 1.00. The Balaban J connectivity index is 2.16. The topological polar surface area (TPSA) is 9.23 Å². The quantitative estimate of drug-likeness (QED) is 0.530. The van der Waals surface area contributed by atoms with E-state index in [1.165, 1.54) is 6.42 Å². The Morgan fingerprint density at radius 2 is 2.12 bits per heavy atom. The molecule has 0 aliphatic heterocycles. The second-order valence-electron chi connectivity index (χ2n) is 2.92. The number of rotatable bonds is 2. The van der Waals surface area contributed by atoms with Crippen molar-refractivity contribution < 1.29 is 4.74 Å². The van der Waals surface area contributed by atoms with Crippen LogP contribution >= 0.6 is 0 Å². The lowest BCUT2D eigenvalue weighted by Crippen LogP contribution is -1.97. The Hall–Kier alpha value is -0.0400. The van der Waals surface area contributed by atoms with Crippen molar-refractivity contribution >= 4 is 0 Å². The Bertz CT molecular complexity index is 78.5. The zero-order valence-electron chi connectivity index (χ0n) is 5.85. The molecule has 1 fully saturated rings. The molecule has 1 saturated carbocycles. The summed E-state index contributed by atoms with van der Waals surface area (Å²) < 4.78 is 5.14. The van der Waals surface area contributed by atoms with Crippen LogP contribution in [0.4, 0.5) is 0 Å². The summed E-state index contributed by atoms with van der Waals surface area (Å²) in [6.45, 7) is 4.51. The van der Waals surface area contributed by atoms with E-state index >= 15 is 0 Å². The van der Waals surface area contributed by atoms with E-state index in [2.05, 4.69) is 13.8 Å². The van der Waals surface area contributed by atoms with Crippen LogP contribution in [0.3, 0.4) is 0 Å². The highest BCUT2D eigenvalue weighted by molar-refractivity contribution is 4.89. The van der Waals surface area contributed by atoms with E-state index in [0.717, 1.165) is 11.8 Å². The third-order valence-electron chi connectivity index (χ3n) is 1.94. The van der Waals surface area contributed by atoms with E-state index in [1.54, 1.807) is 7.11 Å². The fourth-order valence-corrected chi connectivity index (χ4v) is 1.16. The molecule has 1 aliphatic rings. The molecule has 48 valence electrons. The van der Waals surface area contributed by atoms with Gasteiger partial charge in [-0.3, -0.25) is 0 Å². The van der Waals surface area contributed by atoms with Gasteiger partial charge in [-0.25, -0.2) is 0 Å². The summed E-state index contributed by atoms with van der Waals surface area (Å²) in [6.07, 6.45) is 1.88. The summed E-state index contributed by atoms with van der Waals surface area (Å²) in [5.41, 5.74) is 0. The zero-order chi connectivity index (χ0) is 6.15. The van der Waals surface area contributed by atoms with Crippen molar-refractivity contribution in [2.75, 3.05) is 7.11 Å². The molecule has 0 heterocycles. The molecule has 0 aromatic rings. The monoisotopic (exact) mass is 114 g/mol. The number of hydrogen-bond donors (Lipinski definition) is 0. The molecule has 1 nitrogen and oxygen atoms in total. The molecule has 1 rings (SSSR count). The average Bonchev–Trinajstić information content (AvgIpc) is 2.42. The van der Waals surface area contributed by atoms with Crippen LogP contribution in [0.25, 0.3) is 0 Å². The highest BCUT2D eigenvalue weighted by Crippen LogP contribution is 2.39. The Labute approximate surface area is 51.0 Å². The largest absolute Gasteiger partial charge is 0.381 e. The number of methoxy groups -OCH3 is 1. The molecule has 0 N–H and O–H groups in total. The third-order valence-corrected chi connectivity index (χ3v) is 1.94. The zero-order valence-corrected chi connectivity index (χ0v) is 5.85. The summed E-state index contributed by atoms with van der Waals surface area (Å²) in [7, 11) is 1.80. The standard InChI is InChI=1S/C7H14O/c1-5(2)6-4-7(6)8-3/h5-7H,4H2,1-3H3/t6-,7?/m0/s1. The minimum atomic E-state index is 0.593. The lowest BCUT2D eigenvalue weighted by atomic mass is 10.1. The van der Waals surface area contributed by atoms with Crippen LogP contribution in [0.2, 0.25) is 0 Å². The molecule has 0 aromatic carbocycles. The first-order valence-electron chi connectivity index (χ1n) is 3.28. The fourth-order valence-electron chi connectivity index (χ4n) is 1.16. The highest BCUT2D eigenvalue weighted by atomic mass is 16.5. The lowest BCUT2D eigenvalue weighted by Gasteiger charge is -1.99. The minimum Gasteiger partial charge on any atom is -0.381 e. The second-order valence-corrected chi connectivity index (χ2v) is 2.92. The van der Waals surface area contributed by atoms with Gasteiger partial charge in [0.1, 0.15) is 0 Å². The summed E-state index contributed by atoms with van der Waals surface area (Å²) in [4.78, 5) is 0. The van der Waals surface area contributed by atoms with E-state index < -0.39 is 0 Å². The van der Waals surface area contributed by atoms with Crippen molar-refractivity contribution in [2.24, 2.45) is 11.8 Å². The Morgan fingerprint density at radius 3 is 2.25 bits per heavy atom.